The summed E-state index contributed by atoms with van der Waals surface area (Å²) in [6.45, 7) is 2.13. The van der Waals surface area contributed by atoms with Crippen molar-refractivity contribution in [2.75, 3.05) is 5.32 Å². The molecule has 1 aromatic carbocycles. The molecule has 130 valence electrons. The maximum Gasteiger partial charge on any atom is 0.237 e. The number of thioether (sulfide) groups is 1. The van der Waals surface area contributed by atoms with Crippen molar-refractivity contribution in [3.8, 4) is 0 Å². The van der Waals surface area contributed by atoms with E-state index in [0.29, 0.717) is 11.7 Å². The second-order valence-corrected chi connectivity index (χ2v) is 6.51. The number of amides is 1. The zero-order chi connectivity index (χ0) is 17.8. The zero-order valence-electron chi connectivity index (χ0n) is 13.1. The van der Waals surface area contributed by atoms with Crippen LogP contribution in [0, 0.1) is 11.6 Å². The average Bonchev–Trinajstić information content (AvgIpc) is 3.24. The van der Waals surface area contributed by atoms with Gasteiger partial charge in [-0.05, 0) is 31.2 Å². The number of hydrogen-bond acceptors (Lipinski definition) is 5. The lowest BCUT2D eigenvalue weighted by Gasteiger charge is -2.12. The van der Waals surface area contributed by atoms with Gasteiger partial charge < -0.3 is 14.3 Å². The van der Waals surface area contributed by atoms with Gasteiger partial charge in [0, 0.05) is 11.8 Å². The molecule has 2 heterocycles. The van der Waals surface area contributed by atoms with Crippen molar-refractivity contribution in [2.24, 2.45) is 0 Å². The Bertz CT molecular complexity index is 867. The molecule has 0 bridgehead atoms. The van der Waals surface area contributed by atoms with Gasteiger partial charge in [-0.3, -0.25) is 4.79 Å². The highest BCUT2D eigenvalue weighted by molar-refractivity contribution is 8.00. The van der Waals surface area contributed by atoms with Gasteiger partial charge in [-0.15, -0.1) is 10.2 Å². The number of aromatic nitrogens is 3. The molecule has 0 aliphatic rings. The third kappa shape index (κ3) is 4.24. The Labute approximate surface area is 146 Å². The standard InChI is InChI=1S/C16H14F2N4O2S/c1-10(15(23)20-11-4-5-13(17)14(18)7-11)25-16-21-19-9-22(16)8-12-3-2-6-24-12/h2-7,9-10H,8H2,1H3,(H,20,23). The molecule has 0 aliphatic heterocycles. The van der Waals surface area contributed by atoms with Crippen LogP contribution in [0.2, 0.25) is 0 Å². The minimum Gasteiger partial charge on any atom is -0.467 e. The number of furan rings is 1. The molecule has 9 heteroatoms. The molecule has 0 radical (unpaired) electrons. The van der Waals surface area contributed by atoms with Crippen molar-refractivity contribution in [1.82, 2.24) is 14.8 Å². The van der Waals surface area contributed by atoms with E-state index in [0.717, 1.165) is 17.9 Å². The summed E-state index contributed by atoms with van der Waals surface area (Å²) in [6.07, 6.45) is 3.12. The van der Waals surface area contributed by atoms with Gasteiger partial charge in [-0.1, -0.05) is 11.8 Å². The minimum absolute atomic E-state index is 0.188. The Balaban J connectivity index is 1.63. The Morgan fingerprint density at radius 1 is 1.36 bits per heavy atom. The van der Waals surface area contributed by atoms with E-state index in [-0.39, 0.29) is 11.6 Å². The summed E-state index contributed by atoms with van der Waals surface area (Å²) >= 11 is 1.20. The van der Waals surface area contributed by atoms with E-state index in [1.165, 1.54) is 17.8 Å². The second kappa shape index (κ2) is 7.47. The summed E-state index contributed by atoms with van der Waals surface area (Å²) in [5, 5.41) is 10.4. The third-order valence-electron chi connectivity index (χ3n) is 3.32. The third-order valence-corrected chi connectivity index (χ3v) is 4.42. The molecule has 1 amide bonds. The van der Waals surface area contributed by atoms with Gasteiger partial charge in [0.25, 0.3) is 0 Å². The summed E-state index contributed by atoms with van der Waals surface area (Å²) in [5.41, 5.74) is 0.188. The van der Waals surface area contributed by atoms with Crippen LogP contribution in [0.1, 0.15) is 12.7 Å². The predicted octanol–water partition coefficient (Wildman–Crippen LogP) is 3.32. The normalized spacial score (nSPS) is 12.1. The fourth-order valence-corrected chi connectivity index (χ4v) is 2.87. The topological polar surface area (TPSA) is 73.0 Å². The van der Waals surface area contributed by atoms with E-state index in [4.69, 9.17) is 4.42 Å². The van der Waals surface area contributed by atoms with Gasteiger partial charge in [-0.25, -0.2) is 8.78 Å². The number of benzene rings is 1. The molecular formula is C16H14F2N4O2S. The van der Waals surface area contributed by atoms with E-state index in [9.17, 15) is 13.6 Å². The lowest BCUT2D eigenvalue weighted by atomic mass is 10.3. The molecule has 1 N–H and O–H groups in total. The highest BCUT2D eigenvalue weighted by Crippen LogP contribution is 2.23. The molecule has 3 rings (SSSR count). The first-order chi connectivity index (χ1) is 12.0. The number of hydrogen-bond donors (Lipinski definition) is 1. The van der Waals surface area contributed by atoms with Gasteiger partial charge in [0.05, 0.1) is 18.1 Å². The number of carbonyl (C=O) groups is 1. The van der Waals surface area contributed by atoms with Crippen molar-refractivity contribution in [3.05, 3.63) is 60.3 Å². The number of carbonyl (C=O) groups excluding carboxylic acids is 1. The van der Waals surface area contributed by atoms with Crippen molar-refractivity contribution >= 4 is 23.4 Å². The lowest BCUT2D eigenvalue weighted by Crippen LogP contribution is -2.23. The average molecular weight is 364 g/mol. The first kappa shape index (κ1) is 17.2. The monoisotopic (exact) mass is 364 g/mol. The molecule has 25 heavy (non-hydrogen) atoms. The van der Waals surface area contributed by atoms with Gasteiger partial charge in [0.2, 0.25) is 5.91 Å². The SMILES string of the molecule is CC(Sc1nncn1Cc1ccco1)C(=O)Nc1ccc(F)c(F)c1. The van der Waals surface area contributed by atoms with Crippen molar-refractivity contribution in [3.63, 3.8) is 0 Å². The van der Waals surface area contributed by atoms with Gasteiger partial charge in [-0.2, -0.15) is 0 Å². The molecular weight excluding hydrogens is 350 g/mol. The molecule has 1 unspecified atom stereocenters. The predicted molar refractivity (Wildman–Crippen MR) is 88.1 cm³/mol. The van der Waals surface area contributed by atoms with Crippen LogP contribution in [-0.2, 0) is 11.3 Å². The van der Waals surface area contributed by atoms with Crippen LogP contribution in [-0.4, -0.2) is 25.9 Å². The number of nitrogens with one attached hydrogen (secondary N) is 1. The van der Waals surface area contributed by atoms with Crippen molar-refractivity contribution in [2.45, 2.75) is 23.9 Å². The highest BCUT2D eigenvalue weighted by Gasteiger charge is 2.19. The van der Waals surface area contributed by atoms with Crippen molar-refractivity contribution in [1.29, 1.82) is 0 Å². The van der Waals surface area contributed by atoms with Gasteiger partial charge in [0.1, 0.15) is 12.1 Å². The smallest absolute Gasteiger partial charge is 0.237 e. The maximum atomic E-state index is 13.2. The van der Waals surface area contributed by atoms with E-state index in [2.05, 4.69) is 15.5 Å². The van der Waals surface area contributed by atoms with Crippen LogP contribution in [0.5, 0.6) is 0 Å². The van der Waals surface area contributed by atoms with Crippen LogP contribution in [0.3, 0.4) is 0 Å². The summed E-state index contributed by atoms with van der Waals surface area (Å²) in [5.74, 6) is -1.60. The number of halogens is 2. The fourth-order valence-electron chi connectivity index (χ4n) is 2.04. The van der Waals surface area contributed by atoms with E-state index < -0.39 is 16.9 Å². The second-order valence-electron chi connectivity index (χ2n) is 5.20. The van der Waals surface area contributed by atoms with Crippen LogP contribution in [0.25, 0.3) is 0 Å². The Kier molecular flexibility index (Phi) is 5.13. The number of anilines is 1. The van der Waals surface area contributed by atoms with Crippen LogP contribution in [0.4, 0.5) is 14.5 Å². The number of rotatable bonds is 6. The van der Waals surface area contributed by atoms with E-state index in [1.54, 1.807) is 30.1 Å². The van der Waals surface area contributed by atoms with E-state index >= 15 is 0 Å². The van der Waals surface area contributed by atoms with Crippen molar-refractivity contribution < 1.29 is 18.0 Å². The zero-order valence-corrected chi connectivity index (χ0v) is 14.0. The summed E-state index contributed by atoms with van der Waals surface area (Å²) in [4.78, 5) is 12.2. The molecule has 2 aromatic heterocycles. The first-order valence-electron chi connectivity index (χ1n) is 7.35. The Hall–Kier alpha value is -2.68. The van der Waals surface area contributed by atoms with E-state index in [1.807, 2.05) is 6.07 Å². The van der Waals surface area contributed by atoms with Gasteiger partial charge >= 0.3 is 0 Å². The Morgan fingerprint density at radius 3 is 2.92 bits per heavy atom. The molecule has 1 atom stereocenters. The lowest BCUT2D eigenvalue weighted by molar-refractivity contribution is -0.115. The summed E-state index contributed by atoms with van der Waals surface area (Å²) in [7, 11) is 0. The minimum atomic E-state index is -1.02. The maximum absolute atomic E-state index is 13.2. The van der Waals surface area contributed by atoms with Crippen LogP contribution >= 0.6 is 11.8 Å². The molecule has 0 spiro atoms. The van der Waals surface area contributed by atoms with Crippen LogP contribution < -0.4 is 5.32 Å². The molecule has 0 saturated carbocycles. The molecule has 3 aromatic rings. The fraction of sp³-hybridized carbons (Fsp3) is 0.188. The number of nitrogens with zero attached hydrogens (tertiary/aromatic N) is 3. The Morgan fingerprint density at radius 2 is 2.20 bits per heavy atom. The summed E-state index contributed by atoms with van der Waals surface area (Å²) < 4.78 is 33.2. The summed E-state index contributed by atoms with van der Waals surface area (Å²) in [6, 6.07) is 6.80. The quantitative estimate of drug-likeness (QED) is 0.680. The molecule has 0 saturated heterocycles. The molecule has 0 fully saturated rings. The molecule has 6 nitrogen and oxygen atoms in total. The molecule has 0 aliphatic carbocycles. The largest absolute Gasteiger partial charge is 0.467 e. The highest BCUT2D eigenvalue weighted by atomic mass is 32.2. The van der Waals surface area contributed by atoms with Gasteiger partial charge in [0.15, 0.2) is 16.8 Å². The first-order valence-corrected chi connectivity index (χ1v) is 8.23. The van der Waals surface area contributed by atoms with Crippen LogP contribution in [0.15, 0.2) is 52.5 Å².